The van der Waals surface area contributed by atoms with Gasteiger partial charge in [0.25, 0.3) is 0 Å². The number of halogens is 1. The van der Waals surface area contributed by atoms with Crippen molar-refractivity contribution in [3.8, 4) is 0 Å². The van der Waals surface area contributed by atoms with E-state index < -0.39 is 0 Å². The molecule has 3 nitrogen and oxygen atoms in total. The predicted octanol–water partition coefficient (Wildman–Crippen LogP) is 2.29. The van der Waals surface area contributed by atoms with Crippen molar-refractivity contribution in [2.24, 2.45) is 23.7 Å². The largest absolute Gasteiger partial charge is 0.282 e. The van der Waals surface area contributed by atoms with Gasteiger partial charge in [0.1, 0.15) is 0 Å². The van der Waals surface area contributed by atoms with E-state index in [2.05, 4.69) is 29.8 Å². The van der Waals surface area contributed by atoms with Crippen LogP contribution < -0.4 is 0 Å². The second kappa shape index (κ2) is 5.30. The van der Waals surface area contributed by atoms with Gasteiger partial charge in [-0.1, -0.05) is 43.6 Å². The summed E-state index contributed by atoms with van der Waals surface area (Å²) in [7, 11) is 0. The Hall–Kier alpha value is -0.380. The highest BCUT2D eigenvalue weighted by atomic mass is 79.9. The number of hydrogen-bond acceptors (Lipinski definition) is 2. The average Bonchev–Trinajstić information content (AvgIpc) is 2.41. The van der Waals surface area contributed by atoms with Crippen LogP contribution in [-0.4, -0.2) is 28.6 Å². The summed E-state index contributed by atoms with van der Waals surface area (Å²) in [4.78, 5) is 25.2. The Morgan fingerprint density at radius 2 is 1.62 bits per heavy atom. The third-order valence-corrected chi connectivity index (χ3v) is 4.45. The van der Waals surface area contributed by atoms with Gasteiger partial charge in [0.05, 0.1) is 0 Å². The van der Waals surface area contributed by atoms with Crippen molar-refractivity contribution >= 4 is 27.7 Å². The number of likely N-dealkylation sites (tertiary alicyclic amines) is 1. The Kier molecular flexibility index (Phi) is 4.53. The number of hydrogen-bond donors (Lipinski definition) is 0. The third-order valence-electron chi connectivity index (χ3n) is 3.62. The Labute approximate surface area is 106 Å². The van der Waals surface area contributed by atoms with Gasteiger partial charge in [0, 0.05) is 23.7 Å². The summed E-state index contributed by atoms with van der Waals surface area (Å²) < 4.78 is 0. The van der Waals surface area contributed by atoms with E-state index >= 15 is 0 Å². The van der Waals surface area contributed by atoms with Crippen molar-refractivity contribution in [1.29, 1.82) is 0 Å². The van der Waals surface area contributed by atoms with E-state index in [1.165, 1.54) is 4.90 Å². The molecule has 1 heterocycles. The first-order valence-corrected chi connectivity index (χ1v) is 6.93. The number of imide groups is 1. The molecule has 0 aromatic rings. The molecule has 3 unspecified atom stereocenters. The van der Waals surface area contributed by atoms with Crippen molar-refractivity contribution in [3.63, 3.8) is 0 Å². The second-order valence-electron chi connectivity index (χ2n) is 5.02. The summed E-state index contributed by atoms with van der Waals surface area (Å²) in [6.45, 7) is 8.45. The van der Waals surface area contributed by atoms with Crippen molar-refractivity contribution in [2.45, 2.75) is 27.7 Å². The molecule has 16 heavy (non-hydrogen) atoms. The number of carbonyl (C=O) groups is 2. The molecule has 3 atom stereocenters. The van der Waals surface area contributed by atoms with Gasteiger partial charge in [-0.25, -0.2) is 0 Å². The van der Waals surface area contributed by atoms with Gasteiger partial charge in [-0.3, -0.25) is 14.5 Å². The quantitative estimate of drug-likeness (QED) is 0.588. The molecule has 0 bridgehead atoms. The number of amides is 2. The monoisotopic (exact) mass is 289 g/mol. The molecule has 1 saturated heterocycles. The fourth-order valence-electron chi connectivity index (χ4n) is 1.88. The molecule has 2 amide bonds. The van der Waals surface area contributed by atoms with E-state index in [4.69, 9.17) is 0 Å². The molecular formula is C12H20BrNO2. The normalized spacial score (nSPS) is 28.0. The zero-order valence-electron chi connectivity index (χ0n) is 10.4. The molecule has 0 saturated carbocycles. The van der Waals surface area contributed by atoms with Gasteiger partial charge in [-0.2, -0.15) is 0 Å². The van der Waals surface area contributed by atoms with Crippen molar-refractivity contribution in [1.82, 2.24) is 4.90 Å². The van der Waals surface area contributed by atoms with Crippen LogP contribution in [-0.2, 0) is 9.59 Å². The Balaban J connectivity index is 2.74. The molecule has 1 aliphatic heterocycles. The molecule has 0 aliphatic carbocycles. The fraction of sp³-hybridized carbons (Fsp3) is 0.833. The van der Waals surface area contributed by atoms with Crippen LogP contribution in [0.3, 0.4) is 0 Å². The number of nitrogens with zero attached hydrogens (tertiary/aromatic N) is 1. The zero-order chi connectivity index (χ0) is 12.5. The molecule has 1 rings (SSSR count). The van der Waals surface area contributed by atoms with Crippen LogP contribution in [0.25, 0.3) is 0 Å². The SMILES string of the molecule is CC(C)C(CBr)CN1C(=O)C(C)C(C)C1=O. The number of alkyl halides is 1. The molecule has 92 valence electrons. The molecule has 1 fully saturated rings. The van der Waals surface area contributed by atoms with E-state index in [0.717, 1.165) is 5.33 Å². The van der Waals surface area contributed by atoms with Gasteiger partial charge < -0.3 is 0 Å². The minimum atomic E-state index is -0.157. The topological polar surface area (TPSA) is 37.4 Å². The lowest BCUT2D eigenvalue weighted by atomic mass is 9.97. The highest BCUT2D eigenvalue weighted by molar-refractivity contribution is 9.09. The standard InChI is InChI=1S/C12H20BrNO2/c1-7(2)10(5-13)6-14-11(15)8(3)9(4)12(14)16/h7-10H,5-6H2,1-4H3. The summed E-state index contributed by atoms with van der Waals surface area (Å²) in [6.07, 6.45) is 0. The van der Waals surface area contributed by atoms with Gasteiger partial charge in [0.2, 0.25) is 11.8 Å². The molecule has 1 aliphatic rings. The van der Waals surface area contributed by atoms with Crippen LogP contribution in [0.15, 0.2) is 0 Å². The van der Waals surface area contributed by atoms with E-state index in [1.807, 2.05) is 13.8 Å². The second-order valence-corrected chi connectivity index (χ2v) is 5.67. The molecule has 0 aromatic carbocycles. The van der Waals surface area contributed by atoms with Crippen LogP contribution in [0.5, 0.6) is 0 Å². The highest BCUT2D eigenvalue weighted by Crippen LogP contribution is 2.27. The van der Waals surface area contributed by atoms with Crippen LogP contribution >= 0.6 is 15.9 Å². The third kappa shape index (κ3) is 2.47. The Morgan fingerprint density at radius 3 is 1.94 bits per heavy atom. The molecule has 0 spiro atoms. The van der Waals surface area contributed by atoms with Gasteiger partial charge in [-0.15, -0.1) is 0 Å². The van der Waals surface area contributed by atoms with Crippen LogP contribution in [0.4, 0.5) is 0 Å². The zero-order valence-corrected chi connectivity index (χ0v) is 12.0. The van der Waals surface area contributed by atoms with Gasteiger partial charge in [0.15, 0.2) is 0 Å². The first kappa shape index (κ1) is 13.7. The summed E-state index contributed by atoms with van der Waals surface area (Å²) in [5.74, 6) is 0.469. The lowest BCUT2D eigenvalue weighted by molar-refractivity contribution is -0.140. The molecule has 0 aromatic heterocycles. The summed E-state index contributed by atoms with van der Waals surface area (Å²) in [6, 6.07) is 0. The van der Waals surface area contributed by atoms with E-state index in [9.17, 15) is 9.59 Å². The molecule has 4 heteroatoms. The highest BCUT2D eigenvalue weighted by Gasteiger charge is 2.42. The summed E-state index contributed by atoms with van der Waals surface area (Å²) in [5, 5.41) is 0.824. The first-order valence-electron chi connectivity index (χ1n) is 5.81. The molecular weight excluding hydrogens is 270 g/mol. The maximum Gasteiger partial charge on any atom is 0.232 e. The smallest absolute Gasteiger partial charge is 0.232 e. The van der Waals surface area contributed by atoms with Crippen molar-refractivity contribution in [2.75, 3.05) is 11.9 Å². The lowest BCUT2D eigenvalue weighted by Crippen LogP contribution is -2.37. The van der Waals surface area contributed by atoms with Gasteiger partial charge >= 0.3 is 0 Å². The van der Waals surface area contributed by atoms with E-state index in [1.54, 1.807) is 0 Å². The summed E-state index contributed by atoms with van der Waals surface area (Å²) >= 11 is 3.44. The lowest BCUT2D eigenvalue weighted by Gasteiger charge is -2.24. The first-order chi connectivity index (χ1) is 7.40. The Morgan fingerprint density at radius 1 is 1.19 bits per heavy atom. The molecule has 0 radical (unpaired) electrons. The number of carbonyl (C=O) groups excluding carboxylic acids is 2. The predicted molar refractivity (Wildman–Crippen MR) is 67.2 cm³/mol. The fourth-order valence-corrected chi connectivity index (χ4v) is 2.83. The van der Waals surface area contributed by atoms with Crippen LogP contribution in [0.1, 0.15) is 27.7 Å². The Bertz CT molecular complexity index is 271. The maximum atomic E-state index is 11.9. The number of rotatable bonds is 4. The minimum Gasteiger partial charge on any atom is -0.282 e. The minimum absolute atomic E-state index is 0.0101. The van der Waals surface area contributed by atoms with Crippen LogP contribution in [0, 0.1) is 23.7 Å². The average molecular weight is 290 g/mol. The van der Waals surface area contributed by atoms with Crippen molar-refractivity contribution in [3.05, 3.63) is 0 Å². The maximum absolute atomic E-state index is 11.9. The van der Waals surface area contributed by atoms with Crippen molar-refractivity contribution < 1.29 is 9.59 Å². The molecule has 0 N–H and O–H groups in total. The van der Waals surface area contributed by atoms with Crippen LogP contribution in [0.2, 0.25) is 0 Å². The van der Waals surface area contributed by atoms with E-state index in [-0.39, 0.29) is 23.7 Å². The van der Waals surface area contributed by atoms with E-state index in [0.29, 0.717) is 18.4 Å². The summed E-state index contributed by atoms with van der Waals surface area (Å²) in [5.41, 5.74) is 0. The van der Waals surface area contributed by atoms with Gasteiger partial charge in [-0.05, 0) is 11.8 Å².